The molecule has 2 rings (SSSR count). The molecule has 0 saturated heterocycles. The Labute approximate surface area is 188 Å². The van der Waals surface area contributed by atoms with Crippen molar-refractivity contribution in [3.05, 3.63) is 48.2 Å². The van der Waals surface area contributed by atoms with Crippen LogP contribution in [0.4, 0.5) is 0 Å². The van der Waals surface area contributed by atoms with Gasteiger partial charge in [-0.15, -0.1) is 0 Å². The van der Waals surface area contributed by atoms with Gasteiger partial charge in [-0.1, -0.05) is 58.4 Å². The Morgan fingerprint density at radius 3 is 2.26 bits per heavy atom. The molecule has 0 N–H and O–H groups in total. The Balaban J connectivity index is 1.73. The minimum absolute atomic E-state index is 0.171. The third kappa shape index (κ3) is 9.99. The first-order valence-electron chi connectivity index (χ1n) is 12.0. The molecule has 1 unspecified atom stereocenters. The standard InChI is InChI=1S/C27H39NO3/c1-4-6-7-8-9-10-11-13-23-14-19-26(28-20-23)24-15-17-25(18-16-24)30-21-22(3)31-27(29)12-5-2/h14-20,22H,4-13,21H2,1-3H3. The molecule has 0 fully saturated rings. The molecular formula is C27H39NO3. The van der Waals surface area contributed by atoms with Crippen molar-refractivity contribution in [3.8, 4) is 17.0 Å². The van der Waals surface area contributed by atoms with E-state index in [0.717, 1.165) is 29.8 Å². The molecule has 1 aromatic heterocycles. The fourth-order valence-corrected chi connectivity index (χ4v) is 3.49. The highest BCUT2D eigenvalue weighted by atomic mass is 16.6. The molecule has 0 aliphatic carbocycles. The Bertz CT molecular complexity index is 740. The zero-order valence-electron chi connectivity index (χ0n) is 19.6. The summed E-state index contributed by atoms with van der Waals surface area (Å²) in [6.45, 7) is 6.41. The first kappa shape index (κ1) is 24.9. The van der Waals surface area contributed by atoms with Gasteiger partial charge in [-0.3, -0.25) is 9.78 Å². The summed E-state index contributed by atoms with van der Waals surface area (Å²) in [7, 11) is 0. The van der Waals surface area contributed by atoms with E-state index in [-0.39, 0.29) is 12.1 Å². The normalized spacial score (nSPS) is 11.8. The Morgan fingerprint density at radius 1 is 0.903 bits per heavy atom. The molecular weight excluding hydrogens is 386 g/mol. The second-order valence-electron chi connectivity index (χ2n) is 8.31. The number of aromatic nitrogens is 1. The van der Waals surface area contributed by atoms with Crippen molar-refractivity contribution in [1.82, 2.24) is 4.98 Å². The number of benzene rings is 1. The molecule has 0 aliphatic rings. The summed E-state index contributed by atoms with van der Waals surface area (Å²) < 4.78 is 11.0. The number of carbonyl (C=O) groups is 1. The Kier molecular flexibility index (Phi) is 11.7. The zero-order chi connectivity index (χ0) is 22.3. The van der Waals surface area contributed by atoms with E-state index in [2.05, 4.69) is 24.0 Å². The number of carbonyl (C=O) groups excluding carboxylic acids is 1. The third-order valence-corrected chi connectivity index (χ3v) is 5.32. The van der Waals surface area contributed by atoms with Gasteiger partial charge in [-0.25, -0.2) is 0 Å². The van der Waals surface area contributed by atoms with E-state index in [4.69, 9.17) is 9.47 Å². The van der Waals surface area contributed by atoms with Crippen molar-refractivity contribution in [2.75, 3.05) is 6.61 Å². The number of rotatable bonds is 15. The van der Waals surface area contributed by atoms with Crippen LogP contribution in [-0.4, -0.2) is 23.7 Å². The summed E-state index contributed by atoms with van der Waals surface area (Å²) in [5.41, 5.74) is 3.35. The molecule has 0 radical (unpaired) electrons. The SMILES string of the molecule is CCCCCCCCCc1ccc(-c2ccc(OCC(C)OC(=O)CCC)cc2)nc1. The fourth-order valence-electron chi connectivity index (χ4n) is 3.49. The molecule has 4 nitrogen and oxygen atoms in total. The van der Waals surface area contributed by atoms with Crippen molar-refractivity contribution in [2.45, 2.75) is 91.1 Å². The van der Waals surface area contributed by atoms with Crippen LogP contribution in [0.25, 0.3) is 11.3 Å². The first-order valence-corrected chi connectivity index (χ1v) is 12.0. The second-order valence-corrected chi connectivity index (χ2v) is 8.31. The topological polar surface area (TPSA) is 48.4 Å². The lowest BCUT2D eigenvalue weighted by Crippen LogP contribution is -2.21. The molecule has 0 spiro atoms. The van der Waals surface area contributed by atoms with Crippen LogP contribution in [0.15, 0.2) is 42.6 Å². The summed E-state index contributed by atoms with van der Waals surface area (Å²) in [6.07, 6.45) is 13.4. The minimum Gasteiger partial charge on any atom is -0.490 e. The number of aryl methyl sites for hydroxylation is 1. The van der Waals surface area contributed by atoms with Gasteiger partial charge in [0, 0.05) is 18.2 Å². The highest BCUT2D eigenvalue weighted by Crippen LogP contribution is 2.21. The molecule has 2 aromatic rings. The van der Waals surface area contributed by atoms with E-state index in [1.54, 1.807) is 0 Å². The van der Waals surface area contributed by atoms with Crippen molar-refractivity contribution in [1.29, 1.82) is 0 Å². The van der Waals surface area contributed by atoms with Crippen LogP contribution < -0.4 is 4.74 Å². The summed E-state index contributed by atoms with van der Waals surface area (Å²) >= 11 is 0. The highest BCUT2D eigenvalue weighted by Gasteiger charge is 2.09. The summed E-state index contributed by atoms with van der Waals surface area (Å²) in [4.78, 5) is 16.2. The molecule has 31 heavy (non-hydrogen) atoms. The smallest absolute Gasteiger partial charge is 0.306 e. The van der Waals surface area contributed by atoms with Gasteiger partial charge in [0.1, 0.15) is 18.5 Å². The first-order chi connectivity index (χ1) is 15.1. The van der Waals surface area contributed by atoms with Crippen LogP contribution in [0.5, 0.6) is 5.75 Å². The fraction of sp³-hybridized carbons (Fsp3) is 0.556. The van der Waals surface area contributed by atoms with Crippen molar-refractivity contribution in [2.24, 2.45) is 0 Å². The third-order valence-electron chi connectivity index (χ3n) is 5.32. The monoisotopic (exact) mass is 425 g/mol. The summed E-state index contributed by atoms with van der Waals surface area (Å²) in [5.74, 6) is 0.591. The van der Waals surface area contributed by atoms with Crippen LogP contribution in [0, 0.1) is 0 Å². The predicted octanol–water partition coefficient (Wildman–Crippen LogP) is 7.15. The molecule has 0 bridgehead atoms. The molecule has 170 valence electrons. The van der Waals surface area contributed by atoms with E-state index in [0.29, 0.717) is 13.0 Å². The van der Waals surface area contributed by atoms with Crippen LogP contribution in [0.1, 0.15) is 84.1 Å². The lowest BCUT2D eigenvalue weighted by atomic mass is 10.0. The zero-order valence-corrected chi connectivity index (χ0v) is 19.6. The number of unbranched alkanes of at least 4 members (excludes halogenated alkanes) is 6. The second kappa shape index (κ2) is 14.6. The maximum atomic E-state index is 11.5. The molecule has 1 atom stereocenters. The van der Waals surface area contributed by atoms with Crippen LogP contribution in [-0.2, 0) is 16.0 Å². The van der Waals surface area contributed by atoms with Gasteiger partial charge in [0.15, 0.2) is 0 Å². The summed E-state index contributed by atoms with van der Waals surface area (Å²) in [5, 5.41) is 0. The van der Waals surface area contributed by atoms with Crippen molar-refractivity contribution >= 4 is 5.97 Å². The van der Waals surface area contributed by atoms with E-state index < -0.39 is 0 Å². The van der Waals surface area contributed by atoms with Gasteiger partial charge < -0.3 is 9.47 Å². The van der Waals surface area contributed by atoms with Crippen LogP contribution >= 0.6 is 0 Å². The lowest BCUT2D eigenvalue weighted by molar-refractivity contribution is -0.149. The number of nitrogens with zero attached hydrogens (tertiary/aromatic N) is 1. The molecule has 0 aliphatic heterocycles. The molecule has 1 aromatic carbocycles. The number of hydrogen-bond donors (Lipinski definition) is 0. The average Bonchev–Trinajstić information content (AvgIpc) is 2.78. The number of pyridine rings is 1. The quantitative estimate of drug-likeness (QED) is 0.224. The van der Waals surface area contributed by atoms with Crippen LogP contribution in [0.2, 0.25) is 0 Å². The van der Waals surface area contributed by atoms with E-state index in [1.165, 1.54) is 50.5 Å². The summed E-state index contributed by atoms with van der Waals surface area (Å²) in [6, 6.07) is 12.2. The number of hydrogen-bond acceptors (Lipinski definition) is 4. The maximum absolute atomic E-state index is 11.5. The maximum Gasteiger partial charge on any atom is 0.306 e. The molecule has 0 amide bonds. The van der Waals surface area contributed by atoms with E-state index in [9.17, 15) is 4.79 Å². The van der Waals surface area contributed by atoms with Gasteiger partial charge >= 0.3 is 5.97 Å². The van der Waals surface area contributed by atoms with Gasteiger partial charge in [0.25, 0.3) is 0 Å². The van der Waals surface area contributed by atoms with Crippen molar-refractivity contribution < 1.29 is 14.3 Å². The largest absolute Gasteiger partial charge is 0.490 e. The number of ether oxygens (including phenoxy) is 2. The number of esters is 1. The van der Waals surface area contributed by atoms with Gasteiger partial charge in [0.2, 0.25) is 0 Å². The molecule has 4 heteroatoms. The average molecular weight is 426 g/mol. The molecule has 1 heterocycles. The Morgan fingerprint density at radius 2 is 1.61 bits per heavy atom. The van der Waals surface area contributed by atoms with E-state index in [1.807, 2.05) is 44.3 Å². The van der Waals surface area contributed by atoms with Gasteiger partial charge in [-0.05, 0) is 62.1 Å². The van der Waals surface area contributed by atoms with E-state index >= 15 is 0 Å². The lowest BCUT2D eigenvalue weighted by Gasteiger charge is -2.14. The Hall–Kier alpha value is -2.36. The van der Waals surface area contributed by atoms with Gasteiger partial charge in [-0.2, -0.15) is 0 Å². The minimum atomic E-state index is -0.260. The molecule has 0 saturated carbocycles. The van der Waals surface area contributed by atoms with Crippen molar-refractivity contribution in [3.63, 3.8) is 0 Å². The highest BCUT2D eigenvalue weighted by molar-refractivity contribution is 5.69. The van der Waals surface area contributed by atoms with Crippen LogP contribution in [0.3, 0.4) is 0 Å². The van der Waals surface area contributed by atoms with Gasteiger partial charge in [0.05, 0.1) is 5.69 Å². The predicted molar refractivity (Wildman–Crippen MR) is 127 cm³/mol.